The molecule has 0 bridgehead atoms. The molecule has 0 aliphatic carbocycles. The molecule has 0 unspecified atom stereocenters. The number of thiophene rings is 1. The average molecular weight is 295 g/mol. The van der Waals surface area contributed by atoms with Gasteiger partial charge in [0, 0.05) is 40.5 Å². The number of nitrogens with one attached hydrogen (secondary N) is 1. The fraction of sp³-hybridized carbons (Fsp3) is 0.765. The van der Waals surface area contributed by atoms with Crippen LogP contribution >= 0.6 is 11.3 Å². The molecule has 2 rings (SSSR count). The van der Waals surface area contributed by atoms with Gasteiger partial charge in [-0.05, 0) is 45.2 Å². The van der Waals surface area contributed by atoms with Gasteiger partial charge in [-0.1, -0.05) is 20.8 Å². The fourth-order valence-electron chi connectivity index (χ4n) is 3.27. The van der Waals surface area contributed by atoms with Crippen LogP contribution < -0.4 is 5.32 Å². The Morgan fingerprint density at radius 2 is 1.80 bits per heavy atom. The molecular formula is C17H30N2S. The van der Waals surface area contributed by atoms with E-state index in [0.29, 0.717) is 5.54 Å². The zero-order valence-corrected chi connectivity index (χ0v) is 14.6. The number of aryl methyl sites for hydroxylation is 1. The zero-order chi connectivity index (χ0) is 14.8. The predicted octanol–water partition coefficient (Wildman–Crippen LogP) is 4.05. The minimum Gasteiger partial charge on any atom is -0.309 e. The summed E-state index contributed by atoms with van der Waals surface area (Å²) in [7, 11) is 0. The number of hydrogen-bond acceptors (Lipinski definition) is 3. The third-order valence-electron chi connectivity index (χ3n) is 4.88. The first-order valence-corrected chi connectivity index (χ1v) is 8.84. The van der Waals surface area contributed by atoms with Gasteiger partial charge in [0.15, 0.2) is 0 Å². The third kappa shape index (κ3) is 3.26. The molecule has 0 radical (unpaired) electrons. The van der Waals surface area contributed by atoms with E-state index in [4.69, 9.17) is 0 Å². The molecule has 1 aliphatic rings. The van der Waals surface area contributed by atoms with Crippen LogP contribution in [-0.2, 0) is 13.0 Å². The summed E-state index contributed by atoms with van der Waals surface area (Å²) in [5.41, 5.74) is 0.546. The predicted molar refractivity (Wildman–Crippen MR) is 89.5 cm³/mol. The van der Waals surface area contributed by atoms with Crippen molar-refractivity contribution in [3.63, 3.8) is 0 Å². The zero-order valence-electron chi connectivity index (χ0n) is 13.8. The molecule has 0 amide bonds. The first-order valence-electron chi connectivity index (χ1n) is 8.02. The van der Waals surface area contributed by atoms with Crippen LogP contribution in [0.4, 0.5) is 0 Å². The van der Waals surface area contributed by atoms with Crippen molar-refractivity contribution < 1.29 is 0 Å². The summed E-state index contributed by atoms with van der Waals surface area (Å²) in [6.07, 6.45) is 3.60. The number of piperazine rings is 1. The summed E-state index contributed by atoms with van der Waals surface area (Å²) < 4.78 is 0. The normalized spacial score (nSPS) is 22.1. The topological polar surface area (TPSA) is 15.3 Å². The molecule has 0 saturated carbocycles. The second kappa shape index (κ2) is 6.17. The molecule has 3 heteroatoms. The molecule has 0 atom stereocenters. The highest BCUT2D eigenvalue weighted by molar-refractivity contribution is 7.11. The van der Waals surface area contributed by atoms with E-state index in [0.717, 1.165) is 26.1 Å². The first kappa shape index (κ1) is 16.0. The van der Waals surface area contributed by atoms with Gasteiger partial charge < -0.3 is 5.32 Å². The van der Waals surface area contributed by atoms with E-state index in [1.165, 1.54) is 22.6 Å². The van der Waals surface area contributed by atoms with Gasteiger partial charge in [0.25, 0.3) is 0 Å². The van der Waals surface area contributed by atoms with Crippen LogP contribution in [0.3, 0.4) is 0 Å². The molecule has 0 aromatic carbocycles. The fourth-order valence-corrected chi connectivity index (χ4v) is 4.25. The number of rotatable bonds is 5. The Balaban J connectivity index is 2.18. The lowest BCUT2D eigenvalue weighted by molar-refractivity contribution is 0.00307. The van der Waals surface area contributed by atoms with Crippen LogP contribution in [0.2, 0.25) is 0 Å². The van der Waals surface area contributed by atoms with Crippen LogP contribution in [-0.4, -0.2) is 29.1 Å². The van der Waals surface area contributed by atoms with E-state index in [-0.39, 0.29) is 5.54 Å². The maximum absolute atomic E-state index is 3.74. The summed E-state index contributed by atoms with van der Waals surface area (Å²) in [5.74, 6) is 0. The average Bonchev–Trinajstić information content (AvgIpc) is 2.87. The Labute approximate surface area is 128 Å². The van der Waals surface area contributed by atoms with Crippen molar-refractivity contribution in [2.75, 3.05) is 13.1 Å². The van der Waals surface area contributed by atoms with E-state index >= 15 is 0 Å². The highest BCUT2D eigenvalue weighted by atomic mass is 32.1. The van der Waals surface area contributed by atoms with Gasteiger partial charge in [0.2, 0.25) is 0 Å². The lowest BCUT2D eigenvalue weighted by Crippen LogP contribution is -2.67. The van der Waals surface area contributed by atoms with Crippen molar-refractivity contribution in [3.8, 4) is 0 Å². The van der Waals surface area contributed by atoms with Crippen LogP contribution in [0.25, 0.3) is 0 Å². The lowest BCUT2D eigenvalue weighted by atomic mass is 9.84. The smallest absolute Gasteiger partial charge is 0.0334 e. The number of hydrogen-bond donors (Lipinski definition) is 1. The minimum absolute atomic E-state index is 0.221. The Morgan fingerprint density at radius 1 is 1.15 bits per heavy atom. The second-order valence-corrected chi connectivity index (χ2v) is 8.00. The van der Waals surface area contributed by atoms with Crippen molar-refractivity contribution in [2.45, 2.75) is 71.5 Å². The largest absolute Gasteiger partial charge is 0.309 e. The summed E-state index contributed by atoms with van der Waals surface area (Å²) in [6, 6.07) is 4.63. The minimum atomic E-state index is 0.221. The van der Waals surface area contributed by atoms with Gasteiger partial charge >= 0.3 is 0 Å². The van der Waals surface area contributed by atoms with Crippen molar-refractivity contribution in [1.82, 2.24) is 10.2 Å². The van der Waals surface area contributed by atoms with Gasteiger partial charge in [-0.25, -0.2) is 0 Å². The van der Waals surface area contributed by atoms with E-state index < -0.39 is 0 Å². The highest BCUT2D eigenvalue weighted by Gasteiger charge is 2.41. The molecule has 1 fully saturated rings. The van der Waals surface area contributed by atoms with Crippen molar-refractivity contribution in [1.29, 1.82) is 0 Å². The molecule has 1 aliphatic heterocycles. The third-order valence-corrected chi connectivity index (χ3v) is 6.10. The monoisotopic (exact) mass is 294 g/mol. The lowest BCUT2D eigenvalue weighted by Gasteiger charge is -2.52. The molecule has 20 heavy (non-hydrogen) atoms. The Bertz CT molecular complexity index is 432. The highest BCUT2D eigenvalue weighted by Crippen LogP contribution is 2.32. The maximum atomic E-state index is 3.74. The van der Waals surface area contributed by atoms with E-state index in [1.807, 2.05) is 11.3 Å². The van der Waals surface area contributed by atoms with Gasteiger partial charge in [0.05, 0.1) is 0 Å². The van der Waals surface area contributed by atoms with Crippen molar-refractivity contribution >= 4 is 11.3 Å². The molecule has 0 spiro atoms. The SMILES string of the molecule is CCc1ccc(CN2CC(C)(C)NCC2(CC)CC)s1. The second-order valence-electron chi connectivity index (χ2n) is 6.75. The molecule has 2 nitrogen and oxygen atoms in total. The van der Waals surface area contributed by atoms with Gasteiger partial charge in [-0.3, -0.25) is 4.90 Å². The summed E-state index contributed by atoms with van der Waals surface area (Å²) in [5, 5.41) is 3.74. The van der Waals surface area contributed by atoms with Crippen molar-refractivity contribution in [2.24, 2.45) is 0 Å². The molecule has 1 N–H and O–H groups in total. The van der Waals surface area contributed by atoms with Gasteiger partial charge in [-0.2, -0.15) is 0 Å². The Hall–Kier alpha value is -0.380. The molecular weight excluding hydrogens is 264 g/mol. The van der Waals surface area contributed by atoms with Crippen molar-refractivity contribution in [3.05, 3.63) is 21.9 Å². The maximum Gasteiger partial charge on any atom is 0.0334 e. The summed E-state index contributed by atoms with van der Waals surface area (Å²) >= 11 is 1.99. The molecule has 1 saturated heterocycles. The Kier molecular flexibility index (Phi) is 4.93. The standard InChI is InChI=1S/C17H30N2S/c1-6-14-9-10-15(20-14)11-19-13-16(4,5)18-12-17(19,7-2)8-3/h9-10,18H,6-8,11-13H2,1-5H3. The van der Waals surface area contributed by atoms with E-state index in [9.17, 15) is 0 Å². The summed E-state index contributed by atoms with van der Waals surface area (Å²) in [6.45, 7) is 14.9. The van der Waals surface area contributed by atoms with Crippen LogP contribution in [0.15, 0.2) is 12.1 Å². The van der Waals surface area contributed by atoms with Gasteiger partial charge in [-0.15, -0.1) is 11.3 Å². The van der Waals surface area contributed by atoms with E-state index in [1.54, 1.807) is 0 Å². The number of nitrogens with zero attached hydrogens (tertiary/aromatic N) is 1. The van der Waals surface area contributed by atoms with Crippen LogP contribution in [0.1, 0.15) is 57.2 Å². The Morgan fingerprint density at radius 3 is 2.35 bits per heavy atom. The molecule has 2 heterocycles. The molecule has 1 aromatic rings. The molecule has 114 valence electrons. The molecule has 1 aromatic heterocycles. The van der Waals surface area contributed by atoms with E-state index in [2.05, 4.69) is 57.0 Å². The van der Waals surface area contributed by atoms with Crippen LogP contribution in [0.5, 0.6) is 0 Å². The van der Waals surface area contributed by atoms with Crippen LogP contribution in [0, 0.1) is 0 Å². The summed E-state index contributed by atoms with van der Waals surface area (Å²) in [4.78, 5) is 5.76. The first-order chi connectivity index (χ1) is 9.44. The quantitative estimate of drug-likeness (QED) is 0.881. The van der Waals surface area contributed by atoms with Gasteiger partial charge in [0.1, 0.15) is 0 Å².